The van der Waals surface area contributed by atoms with Gasteiger partial charge in [-0.3, -0.25) is 9.59 Å². The van der Waals surface area contributed by atoms with Gasteiger partial charge in [0.05, 0.1) is 0 Å². The Kier molecular flexibility index (Phi) is 5.78. The monoisotopic (exact) mass is 264 g/mol. The first-order chi connectivity index (χ1) is 9.06. The fourth-order valence-corrected chi connectivity index (χ4v) is 1.57. The summed E-state index contributed by atoms with van der Waals surface area (Å²) in [6.45, 7) is 4.93. The molecule has 0 spiro atoms. The number of nitrogens with two attached hydrogens (primary N) is 1. The number of nitrogens with zero attached hydrogens (tertiary/aromatic N) is 1. The van der Waals surface area contributed by atoms with Crippen LogP contribution in [0, 0.1) is 0 Å². The standard InChI is InChI=1S/C13H20N4O2/c1-3-10-7-9(8-12(17-10)15-4-2)13(19)16-6-5-11(14)18/h7-8H,3-6H2,1-2H3,(H2,14,18)(H,15,17)(H,16,19). The van der Waals surface area contributed by atoms with Crippen LogP contribution in [0.25, 0.3) is 0 Å². The van der Waals surface area contributed by atoms with E-state index in [0.29, 0.717) is 11.4 Å². The average Bonchev–Trinajstić information content (AvgIpc) is 2.38. The van der Waals surface area contributed by atoms with Crippen LogP contribution in [-0.4, -0.2) is 29.9 Å². The van der Waals surface area contributed by atoms with Crippen molar-refractivity contribution in [2.24, 2.45) is 5.73 Å². The number of hydrogen-bond donors (Lipinski definition) is 3. The Bertz CT molecular complexity index is 460. The molecule has 19 heavy (non-hydrogen) atoms. The lowest BCUT2D eigenvalue weighted by Gasteiger charge is -2.09. The number of aromatic nitrogens is 1. The molecule has 0 aliphatic rings. The summed E-state index contributed by atoms with van der Waals surface area (Å²) >= 11 is 0. The Labute approximate surface area is 112 Å². The average molecular weight is 264 g/mol. The van der Waals surface area contributed by atoms with Gasteiger partial charge in [-0.2, -0.15) is 0 Å². The minimum absolute atomic E-state index is 0.136. The van der Waals surface area contributed by atoms with Crippen LogP contribution in [-0.2, 0) is 11.2 Å². The van der Waals surface area contributed by atoms with Crippen molar-refractivity contribution < 1.29 is 9.59 Å². The molecule has 0 bridgehead atoms. The molecule has 1 heterocycles. The number of primary amides is 1. The van der Waals surface area contributed by atoms with E-state index < -0.39 is 5.91 Å². The van der Waals surface area contributed by atoms with Gasteiger partial charge in [-0.15, -0.1) is 0 Å². The zero-order chi connectivity index (χ0) is 14.3. The number of nitrogens with one attached hydrogen (secondary N) is 2. The maximum atomic E-state index is 11.9. The van der Waals surface area contributed by atoms with Crippen LogP contribution in [0.2, 0.25) is 0 Å². The summed E-state index contributed by atoms with van der Waals surface area (Å²) in [6, 6.07) is 3.45. The lowest BCUT2D eigenvalue weighted by molar-refractivity contribution is -0.117. The van der Waals surface area contributed by atoms with Crippen molar-refractivity contribution in [3.05, 3.63) is 23.4 Å². The predicted octanol–water partition coefficient (Wildman–Crippen LogP) is 0.681. The minimum Gasteiger partial charge on any atom is -0.370 e. The molecule has 0 unspecified atom stereocenters. The first-order valence-electron chi connectivity index (χ1n) is 6.38. The van der Waals surface area contributed by atoms with Crippen LogP contribution in [0.5, 0.6) is 0 Å². The smallest absolute Gasteiger partial charge is 0.251 e. The van der Waals surface area contributed by atoms with E-state index in [1.807, 2.05) is 13.8 Å². The maximum absolute atomic E-state index is 11.9. The van der Waals surface area contributed by atoms with Gasteiger partial charge in [0.25, 0.3) is 5.91 Å². The van der Waals surface area contributed by atoms with E-state index in [1.165, 1.54) is 0 Å². The highest BCUT2D eigenvalue weighted by Crippen LogP contribution is 2.11. The number of amides is 2. The second kappa shape index (κ2) is 7.35. The summed E-state index contributed by atoms with van der Waals surface area (Å²) in [5.74, 6) is 0.0250. The van der Waals surface area contributed by atoms with Gasteiger partial charge in [-0.05, 0) is 25.5 Å². The van der Waals surface area contributed by atoms with Crippen molar-refractivity contribution >= 4 is 17.6 Å². The summed E-state index contributed by atoms with van der Waals surface area (Å²) in [7, 11) is 0. The Morgan fingerprint density at radius 2 is 2.05 bits per heavy atom. The van der Waals surface area contributed by atoms with Crippen LogP contribution < -0.4 is 16.4 Å². The highest BCUT2D eigenvalue weighted by molar-refractivity contribution is 5.95. The molecule has 0 fully saturated rings. The van der Waals surface area contributed by atoms with Gasteiger partial charge in [0.2, 0.25) is 5.91 Å². The Hall–Kier alpha value is -2.11. The molecule has 4 N–H and O–H groups in total. The van der Waals surface area contributed by atoms with Crippen LogP contribution in [0.1, 0.15) is 36.3 Å². The van der Waals surface area contributed by atoms with Crippen molar-refractivity contribution in [2.45, 2.75) is 26.7 Å². The number of rotatable bonds is 7. The second-order valence-corrected chi connectivity index (χ2v) is 4.09. The van der Waals surface area contributed by atoms with Gasteiger partial charge >= 0.3 is 0 Å². The molecule has 6 nitrogen and oxygen atoms in total. The third-order valence-electron chi connectivity index (χ3n) is 2.52. The molecule has 2 amide bonds. The van der Waals surface area contributed by atoms with Gasteiger partial charge in [0.15, 0.2) is 0 Å². The van der Waals surface area contributed by atoms with Gasteiger partial charge in [0, 0.05) is 30.8 Å². The molecule has 6 heteroatoms. The molecule has 1 aromatic heterocycles. The number of anilines is 1. The summed E-state index contributed by atoms with van der Waals surface area (Å²) < 4.78 is 0. The lowest BCUT2D eigenvalue weighted by atomic mass is 10.1. The highest BCUT2D eigenvalue weighted by atomic mass is 16.2. The first kappa shape index (κ1) is 14.9. The van der Waals surface area contributed by atoms with Crippen molar-refractivity contribution in [1.82, 2.24) is 10.3 Å². The lowest BCUT2D eigenvalue weighted by Crippen LogP contribution is -2.28. The molecule has 0 aromatic carbocycles. The van der Waals surface area contributed by atoms with Crippen LogP contribution >= 0.6 is 0 Å². The van der Waals surface area contributed by atoms with Gasteiger partial charge in [-0.25, -0.2) is 4.98 Å². The molecular formula is C13H20N4O2. The summed E-state index contributed by atoms with van der Waals surface area (Å²) in [5.41, 5.74) is 6.40. The first-order valence-corrected chi connectivity index (χ1v) is 6.38. The minimum atomic E-state index is -0.433. The third-order valence-corrected chi connectivity index (χ3v) is 2.52. The zero-order valence-electron chi connectivity index (χ0n) is 11.3. The maximum Gasteiger partial charge on any atom is 0.251 e. The Morgan fingerprint density at radius 3 is 2.63 bits per heavy atom. The van der Waals surface area contributed by atoms with E-state index >= 15 is 0 Å². The largest absolute Gasteiger partial charge is 0.370 e. The van der Waals surface area contributed by atoms with E-state index in [1.54, 1.807) is 12.1 Å². The summed E-state index contributed by atoms with van der Waals surface area (Å²) in [6.07, 6.45) is 0.887. The molecule has 0 atom stereocenters. The second-order valence-electron chi connectivity index (χ2n) is 4.09. The molecule has 0 saturated heterocycles. The fraction of sp³-hybridized carbons (Fsp3) is 0.462. The number of aryl methyl sites for hydroxylation is 1. The molecule has 0 radical (unpaired) electrons. The van der Waals surface area contributed by atoms with E-state index in [9.17, 15) is 9.59 Å². The van der Waals surface area contributed by atoms with Crippen molar-refractivity contribution in [2.75, 3.05) is 18.4 Å². The SMILES string of the molecule is CCNc1cc(C(=O)NCCC(N)=O)cc(CC)n1. The quantitative estimate of drug-likeness (QED) is 0.674. The van der Waals surface area contributed by atoms with Gasteiger partial charge in [0.1, 0.15) is 5.82 Å². The normalized spacial score (nSPS) is 10.0. The molecule has 0 saturated carbocycles. The topological polar surface area (TPSA) is 97.1 Å². The molecular weight excluding hydrogens is 244 g/mol. The van der Waals surface area contributed by atoms with Crippen molar-refractivity contribution in [1.29, 1.82) is 0 Å². The van der Waals surface area contributed by atoms with Crippen molar-refractivity contribution in [3.63, 3.8) is 0 Å². The summed E-state index contributed by atoms with van der Waals surface area (Å²) in [5, 5.41) is 5.74. The van der Waals surface area contributed by atoms with Crippen LogP contribution in [0.3, 0.4) is 0 Å². The van der Waals surface area contributed by atoms with Crippen molar-refractivity contribution in [3.8, 4) is 0 Å². The molecule has 0 aliphatic carbocycles. The third kappa shape index (κ3) is 4.95. The Balaban J connectivity index is 2.77. The number of carbonyl (C=O) groups is 2. The van der Waals surface area contributed by atoms with Crippen LogP contribution in [0.15, 0.2) is 12.1 Å². The van der Waals surface area contributed by atoms with Gasteiger partial charge in [-0.1, -0.05) is 6.92 Å². The molecule has 1 rings (SSSR count). The predicted molar refractivity (Wildman–Crippen MR) is 73.9 cm³/mol. The molecule has 104 valence electrons. The highest BCUT2D eigenvalue weighted by Gasteiger charge is 2.09. The molecule has 0 aliphatic heterocycles. The van der Waals surface area contributed by atoms with E-state index in [2.05, 4.69) is 15.6 Å². The Morgan fingerprint density at radius 1 is 1.32 bits per heavy atom. The zero-order valence-corrected chi connectivity index (χ0v) is 11.3. The fourth-order valence-electron chi connectivity index (χ4n) is 1.57. The van der Waals surface area contributed by atoms with Crippen LogP contribution in [0.4, 0.5) is 5.82 Å². The number of carbonyl (C=O) groups excluding carboxylic acids is 2. The number of hydrogen-bond acceptors (Lipinski definition) is 4. The molecule has 1 aromatic rings. The van der Waals surface area contributed by atoms with E-state index in [-0.39, 0.29) is 18.9 Å². The number of pyridine rings is 1. The van der Waals surface area contributed by atoms with Gasteiger partial charge < -0.3 is 16.4 Å². The summed E-state index contributed by atoms with van der Waals surface area (Å²) in [4.78, 5) is 26.9. The van der Waals surface area contributed by atoms with E-state index in [0.717, 1.165) is 18.7 Å². The van der Waals surface area contributed by atoms with E-state index in [4.69, 9.17) is 5.73 Å².